The average Bonchev–Trinajstić information content (AvgIpc) is 2.78. The lowest BCUT2D eigenvalue weighted by molar-refractivity contribution is -0.141. The lowest BCUT2D eigenvalue weighted by Gasteiger charge is -2.26. The second kappa shape index (κ2) is 16.6. The van der Waals surface area contributed by atoms with Crippen LogP contribution in [0.4, 0.5) is 0 Å². The fourth-order valence-electron chi connectivity index (χ4n) is 2.96. The normalized spacial score (nSPS) is 15.2. The Morgan fingerprint density at radius 2 is 1.41 bits per heavy atom. The van der Waals surface area contributed by atoms with Crippen molar-refractivity contribution in [3.63, 3.8) is 0 Å². The molecule has 0 radical (unpaired) electrons. The Balaban J connectivity index is 5.49. The number of nitrogens with zero attached hydrogens (tertiary/aromatic N) is 1. The molecule has 5 atom stereocenters. The minimum atomic E-state index is -1.20. The maximum Gasteiger partial charge on any atom is 0.325 e. The van der Waals surface area contributed by atoms with E-state index in [1.807, 2.05) is 13.8 Å². The zero-order chi connectivity index (χ0) is 26.3. The molecular weight excluding hydrogens is 444 g/mol. The summed E-state index contributed by atoms with van der Waals surface area (Å²) in [6, 6.07) is -3.93. The molecule has 0 aliphatic carbocycles. The van der Waals surface area contributed by atoms with Crippen molar-refractivity contribution in [3.8, 4) is 0 Å². The first-order valence-electron chi connectivity index (χ1n) is 11.6. The summed E-state index contributed by atoms with van der Waals surface area (Å²) in [7, 11) is 0. The number of carboxylic acids is 1. The standard InChI is InChI=1S/C21H42N8O5/c1-4-12(2)16(23)19(32)29-15(9-7-11-26-21(24)25)18(31)28-14(8-5-6-10-22)17(30)27-13(3)20(33)34/h12-16H,4-11,22-23H2,1-3H3,(H,27,30)(H,28,31)(H,29,32)(H,33,34)(H4,24,25,26). The van der Waals surface area contributed by atoms with Crippen molar-refractivity contribution in [2.45, 2.75) is 83.5 Å². The van der Waals surface area contributed by atoms with Crippen molar-refractivity contribution in [2.24, 2.45) is 33.8 Å². The first-order valence-corrected chi connectivity index (χ1v) is 11.6. The molecule has 13 heteroatoms. The molecule has 12 N–H and O–H groups in total. The van der Waals surface area contributed by atoms with Crippen LogP contribution in [0.15, 0.2) is 4.99 Å². The lowest BCUT2D eigenvalue weighted by atomic mass is 9.98. The SMILES string of the molecule is CCC(C)C(N)C(=O)NC(CCCN=C(N)N)C(=O)NC(CCCCN)C(=O)NC(C)C(=O)O. The number of carbonyl (C=O) groups is 4. The van der Waals surface area contributed by atoms with E-state index in [4.69, 9.17) is 28.0 Å². The van der Waals surface area contributed by atoms with Crippen molar-refractivity contribution in [2.75, 3.05) is 13.1 Å². The second-order valence-electron chi connectivity index (χ2n) is 8.34. The molecule has 0 bridgehead atoms. The second-order valence-corrected chi connectivity index (χ2v) is 8.34. The van der Waals surface area contributed by atoms with Gasteiger partial charge in [0.25, 0.3) is 0 Å². The molecule has 34 heavy (non-hydrogen) atoms. The largest absolute Gasteiger partial charge is 0.480 e. The third kappa shape index (κ3) is 12.3. The van der Waals surface area contributed by atoms with Crippen LogP contribution in [0.5, 0.6) is 0 Å². The summed E-state index contributed by atoms with van der Waals surface area (Å²) >= 11 is 0. The van der Waals surface area contributed by atoms with Gasteiger partial charge in [-0.3, -0.25) is 24.2 Å². The molecule has 0 fully saturated rings. The number of rotatable bonds is 17. The van der Waals surface area contributed by atoms with E-state index in [1.54, 1.807) is 0 Å². The van der Waals surface area contributed by atoms with Crippen molar-refractivity contribution in [1.29, 1.82) is 0 Å². The van der Waals surface area contributed by atoms with Gasteiger partial charge in [-0.25, -0.2) is 0 Å². The number of guanidine groups is 1. The smallest absolute Gasteiger partial charge is 0.325 e. The highest BCUT2D eigenvalue weighted by molar-refractivity contribution is 5.94. The van der Waals surface area contributed by atoms with Crippen molar-refractivity contribution >= 4 is 29.7 Å². The van der Waals surface area contributed by atoms with Crippen LogP contribution in [0.2, 0.25) is 0 Å². The summed E-state index contributed by atoms with van der Waals surface area (Å²) in [6.45, 7) is 5.71. The lowest BCUT2D eigenvalue weighted by Crippen LogP contribution is -2.57. The fourth-order valence-corrected chi connectivity index (χ4v) is 2.96. The van der Waals surface area contributed by atoms with Gasteiger partial charge in [-0.15, -0.1) is 0 Å². The van der Waals surface area contributed by atoms with E-state index in [0.717, 1.165) is 0 Å². The molecule has 0 rings (SSSR count). The van der Waals surface area contributed by atoms with Crippen LogP contribution in [0, 0.1) is 5.92 Å². The van der Waals surface area contributed by atoms with E-state index in [-0.39, 0.29) is 31.3 Å². The molecule has 3 amide bonds. The number of amides is 3. The average molecular weight is 487 g/mol. The molecule has 0 aromatic rings. The van der Waals surface area contributed by atoms with E-state index >= 15 is 0 Å². The zero-order valence-corrected chi connectivity index (χ0v) is 20.4. The minimum Gasteiger partial charge on any atom is -0.480 e. The number of unbranched alkanes of at least 4 members (excludes halogenated alkanes) is 1. The van der Waals surface area contributed by atoms with Crippen molar-refractivity contribution < 1.29 is 24.3 Å². The van der Waals surface area contributed by atoms with E-state index < -0.39 is 47.9 Å². The van der Waals surface area contributed by atoms with Crippen molar-refractivity contribution in [1.82, 2.24) is 16.0 Å². The summed E-state index contributed by atoms with van der Waals surface area (Å²) in [6.07, 6.45) is 2.68. The highest BCUT2D eigenvalue weighted by atomic mass is 16.4. The van der Waals surface area contributed by atoms with E-state index in [9.17, 15) is 19.2 Å². The fraction of sp³-hybridized carbons (Fsp3) is 0.762. The Morgan fingerprint density at radius 3 is 1.91 bits per heavy atom. The third-order valence-corrected chi connectivity index (χ3v) is 5.45. The predicted molar refractivity (Wildman–Crippen MR) is 129 cm³/mol. The number of nitrogens with two attached hydrogens (primary N) is 4. The van der Waals surface area contributed by atoms with Crippen LogP contribution in [0.3, 0.4) is 0 Å². The molecule has 0 aromatic heterocycles. The quantitative estimate of drug-likeness (QED) is 0.0649. The van der Waals surface area contributed by atoms with Gasteiger partial charge < -0.3 is 44.0 Å². The summed E-state index contributed by atoms with van der Waals surface area (Å²) in [5, 5.41) is 16.7. The van der Waals surface area contributed by atoms with Crippen LogP contribution in [-0.4, -0.2) is 72.0 Å². The van der Waals surface area contributed by atoms with Gasteiger partial charge in [-0.05, 0) is 51.5 Å². The number of hydrogen-bond donors (Lipinski definition) is 8. The van der Waals surface area contributed by atoms with Gasteiger partial charge in [-0.2, -0.15) is 0 Å². The monoisotopic (exact) mass is 486 g/mol. The van der Waals surface area contributed by atoms with E-state index in [2.05, 4.69) is 20.9 Å². The van der Waals surface area contributed by atoms with Gasteiger partial charge in [0.2, 0.25) is 17.7 Å². The Labute approximate surface area is 200 Å². The summed E-state index contributed by atoms with van der Waals surface area (Å²) in [4.78, 5) is 53.3. The molecule has 13 nitrogen and oxygen atoms in total. The number of carbonyl (C=O) groups excluding carboxylic acids is 3. The number of aliphatic imine (C=N–C) groups is 1. The molecule has 0 aliphatic heterocycles. The number of carboxylic acid groups (broad SMARTS) is 1. The van der Waals surface area contributed by atoms with Gasteiger partial charge in [0.15, 0.2) is 5.96 Å². The molecule has 0 heterocycles. The van der Waals surface area contributed by atoms with Gasteiger partial charge in [0.1, 0.15) is 18.1 Å². The van der Waals surface area contributed by atoms with Crippen LogP contribution in [0.1, 0.15) is 59.3 Å². The van der Waals surface area contributed by atoms with Crippen LogP contribution in [0.25, 0.3) is 0 Å². The molecule has 0 aliphatic rings. The summed E-state index contributed by atoms with van der Waals surface area (Å²) in [5.41, 5.74) is 22.2. The topological polar surface area (TPSA) is 241 Å². The Morgan fingerprint density at radius 1 is 0.882 bits per heavy atom. The molecule has 0 spiro atoms. The molecule has 196 valence electrons. The number of nitrogens with one attached hydrogen (secondary N) is 3. The zero-order valence-electron chi connectivity index (χ0n) is 20.4. The Hall–Kier alpha value is -2.93. The predicted octanol–water partition coefficient (Wildman–Crippen LogP) is -1.90. The van der Waals surface area contributed by atoms with Gasteiger partial charge >= 0.3 is 5.97 Å². The van der Waals surface area contributed by atoms with E-state index in [1.165, 1.54) is 6.92 Å². The highest BCUT2D eigenvalue weighted by Crippen LogP contribution is 2.08. The first-order chi connectivity index (χ1) is 15.9. The first kappa shape index (κ1) is 31.1. The van der Waals surface area contributed by atoms with Gasteiger partial charge in [0, 0.05) is 6.54 Å². The van der Waals surface area contributed by atoms with E-state index in [0.29, 0.717) is 32.2 Å². The maximum absolute atomic E-state index is 13.1. The van der Waals surface area contributed by atoms with Crippen molar-refractivity contribution in [3.05, 3.63) is 0 Å². The Bertz CT molecular complexity index is 699. The molecule has 0 saturated carbocycles. The van der Waals surface area contributed by atoms with Crippen LogP contribution >= 0.6 is 0 Å². The minimum absolute atomic E-state index is 0.0898. The molecule has 5 unspecified atom stereocenters. The summed E-state index contributed by atoms with van der Waals surface area (Å²) in [5.74, 6) is -3.11. The van der Waals surface area contributed by atoms with Gasteiger partial charge in [0.05, 0.1) is 6.04 Å². The summed E-state index contributed by atoms with van der Waals surface area (Å²) < 4.78 is 0. The number of aliphatic carboxylic acids is 1. The third-order valence-electron chi connectivity index (χ3n) is 5.45. The highest BCUT2D eigenvalue weighted by Gasteiger charge is 2.29. The Kier molecular flexibility index (Phi) is 15.2. The molecule has 0 aromatic carbocycles. The molecular formula is C21H42N8O5. The molecule has 0 saturated heterocycles. The van der Waals surface area contributed by atoms with Crippen LogP contribution in [-0.2, 0) is 19.2 Å². The maximum atomic E-state index is 13.1. The van der Waals surface area contributed by atoms with Gasteiger partial charge in [-0.1, -0.05) is 20.3 Å². The number of hydrogen-bond acceptors (Lipinski definition) is 7. The van der Waals surface area contributed by atoms with Crippen LogP contribution < -0.4 is 38.9 Å².